The number of methoxy groups -OCH3 is 2. The van der Waals surface area contributed by atoms with Crippen LogP contribution in [0.3, 0.4) is 0 Å². The molecule has 0 fully saturated rings. The quantitative estimate of drug-likeness (QED) is 0.814. The molecule has 1 aliphatic rings. The number of carbonyl (C=O) groups is 2. The van der Waals surface area contributed by atoms with Gasteiger partial charge in [-0.1, -0.05) is 35.9 Å². The fraction of sp³-hybridized carbons (Fsp3) is 0.238. The van der Waals surface area contributed by atoms with E-state index in [0.717, 1.165) is 11.1 Å². The van der Waals surface area contributed by atoms with Gasteiger partial charge in [0.05, 0.1) is 37.4 Å². The van der Waals surface area contributed by atoms with E-state index in [-0.39, 0.29) is 18.2 Å². The molecule has 1 N–H and O–H groups in total. The Bertz CT molecular complexity index is 942. The first-order valence-corrected chi connectivity index (χ1v) is 9.09. The second-order valence-electron chi connectivity index (χ2n) is 6.33. The highest BCUT2D eigenvalue weighted by Gasteiger charge is 2.28. The van der Waals surface area contributed by atoms with Gasteiger partial charge in [-0.2, -0.15) is 0 Å². The second-order valence-corrected chi connectivity index (χ2v) is 6.73. The van der Waals surface area contributed by atoms with E-state index in [4.69, 9.17) is 21.1 Å². The topological polar surface area (TPSA) is 67.9 Å². The first-order valence-electron chi connectivity index (χ1n) is 8.72. The summed E-state index contributed by atoms with van der Waals surface area (Å²) in [6, 6.07) is 10.5. The summed E-state index contributed by atoms with van der Waals surface area (Å²) in [5, 5.41) is 3.18. The molecule has 0 saturated heterocycles. The first kappa shape index (κ1) is 19.8. The Morgan fingerprint density at radius 1 is 1.14 bits per heavy atom. The van der Waals surface area contributed by atoms with E-state index < -0.39 is 6.04 Å². The van der Waals surface area contributed by atoms with Crippen molar-refractivity contribution in [3.63, 3.8) is 0 Å². The summed E-state index contributed by atoms with van der Waals surface area (Å²) in [6.45, 7) is 1.48. The Morgan fingerprint density at radius 3 is 2.54 bits per heavy atom. The Labute approximate surface area is 168 Å². The average Bonchev–Trinajstić information content (AvgIpc) is 2.68. The monoisotopic (exact) mass is 400 g/mol. The van der Waals surface area contributed by atoms with Crippen LogP contribution in [0.4, 0.5) is 5.69 Å². The molecule has 28 heavy (non-hydrogen) atoms. The van der Waals surface area contributed by atoms with Crippen molar-refractivity contribution in [3.8, 4) is 11.5 Å². The van der Waals surface area contributed by atoms with Crippen molar-refractivity contribution in [3.05, 3.63) is 58.7 Å². The van der Waals surface area contributed by atoms with Crippen LogP contribution in [0.1, 0.15) is 30.5 Å². The van der Waals surface area contributed by atoms with Crippen molar-refractivity contribution < 1.29 is 19.1 Å². The minimum atomic E-state index is -0.390. The van der Waals surface area contributed by atoms with Gasteiger partial charge in [0.25, 0.3) is 0 Å². The molecule has 0 unspecified atom stereocenters. The number of hydrogen-bond acceptors (Lipinski definition) is 4. The van der Waals surface area contributed by atoms with Gasteiger partial charge in [0.1, 0.15) is 11.5 Å². The van der Waals surface area contributed by atoms with E-state index in [1.807, 2.05) is 30.3 Å². The van der Waals surface area contributed by atoms with Crippen molar-refractivity contribution >= 4 is 35.2 Å². The Hall–Kier alpha value is -2.99. The molecule has 7 heteroatoms. The van der Waals surface area contributed by atoms with Gasteiger partial charge >= 0.3 is 0 Å². The summed E-state index contributed by atoms with van der Waals surface area (Å²) in [5.74, 6) is 0.488. The Balaban J connectivity index is 1.85. The highest BCUT2D eigenvalue weighted by atomic mass is 35.5. The molecule has 1 aliphatic heterocycles. The molecule has 0 aromatic heterocycles. The summed E-state index contributed by atoms with van der Waals surface area (Å²) in [7, 11) is 3.00. The van der Waals surface area contributed by atoms with E-state index in [1.165, 1.54) is 21.1 Å². The summed E-state index contributed by atoms with van der Waals surface area (Å²) in [4.78, 5) is 26.4. The van der Waals surface area contributed by atoms with E-state index in [0.29, 0.717) is 22.2 Å². The number of rotatable bonds is 5. The highest BCUT2D eigenvalue weighted by molar-refractivity contribution is 6.32. The zero-order chi connectivity index (χ0) is 20.3. The molecular formula is C21H21ClN2O4. The predicted octanol–water partition coefficient (Wildman–Crippen LogP) is 4.26. The lowest BCUT2D eigenvalue weighted by Crippen LogP contribution is -2.33. The average molecular weight is 401 g/mol. The molecule has 146 valence electrons. The summed E-state index contributed by atoms with van der Waals surface area (Å²) >= 11 is 6.17. The van der Waals surface area contributed by atoms with Crippen LogP contribution in [0, 0.1) is 0 Å². The normalized spacial score (nSPS) is 15.0. The standard InChI is InChI=1S/C21H21ClN2O4/c1-13(25)24-9-8-14-6-4-5-7-15(14)18(24)11-21(26)23-17-10-16(22)19(27-2)12-20(17)28-3/h4-10,12,18H,11H2,1-3H3,(H,23,26)/t18-/m1/s1. The lowest BCUT2D eigenvalue weighted by molar-refractivity contribution is -0.129. The van der Waals surface area contributed by atoms with Gasteiger partial charge in [0.15, 0.2) is 0 Å². The molecule has 0 radical (unpaired) electrons. The minimum absolute atomic E-state index is 0.0910. The number of benzene rings is 2. The number of nitrogens with zero attached hydrogens (tertiary/aromatic N) is 1. The maximum atomic E-state index is 12.8. The molecule has 6 nitrogen and oxygen atoms in total. The van der Waals surface area contributed by atoms with Crippen molar-refractivity contribution in [1.82, 2.24) is 4.90 Å². The smallest absolute Gasteiger partial charge is 0.226 e. The lowest BCUT2D eigenvalue weighted by Gasteiger charge is -2.32. The van der Waals surface area contributed by atoms with Gasteiger partial charge in [-0.3, -0.25) is 9.59 Å². The minimum Gasteiger partial charge on any atom is -0.495 e. The molecule has 0 aliphatic carbocycles. The number of fused-ring (bicyclic) bond motifs is 1. The Morgan fingerprint density at radius 2 is 1.86 bits per heavy atom. The number of carbonyl (C=O) groups excluding carboxylic acids is 2. The highest BCUT2D eigenvalue weighted by Crippen LogP contribution is 2.37. The third-order valence-electron chi connectivity index (χ3n) is 4.60. The number of ether oxygens (including phenoxy) is 2. The van der Waals surface area contributed by atoms with Crippen LogP contribution in [0.25, 0.3) is 6.08 Å². The Kier molecular flexibility index (Phi) is 5.90. The van der Waals surface area contributed by atoms with Gasteiger partial charge in [-0.15, -0.1) is 0 Å². The molecule has 3 rings (SSSR count). The van der Waals surface area contributed by atoms with Gasteiger partial charge in [-0.25, -0.2) is 0 Å². The van der Waals surface area contributed by atoms with Crippen LogP contribution in [0.15, 0.2) is 42.6 Å². The first-order chi connectivity index (χ1) is 13.4. The molecule has 0 spiro atoms. The lowest BCUT2D eigenvalue weighted by atomic mass is 9.93. The fourth-order valence-electron chi connectivity index (χ4n) is 3.25. The largest absolute Gasteiger partial charge is 0.495 e. The maximum absolute atomic E-state index is 12.8. The predicted molar refractivity (Wildman–Crippen MR) is 109 cm³/mol. The van der Waals surface area contributed by atoms with Crippen LogP contribution < -0.4 is 14.8 Å². The summed E-state index contributed by atoms with van der Waals surface area (Å²) < 4.78 is 10.5. The molecular weight excluding hydrogens is 380 g/mol. The number of amides is 2. The van der Waals surface area contributed by atoms with Gasteiger partial charge in [-0.05, 0) is 23.3 Å². The van der Waals surface area contributed by atoms with Gasteiger partial charge < -0.3 is 19.7 Å². The van der Waals surface area contributed by atoms with Crippen LogP contribution in [0.5, 0.6) is 11.5 Å². The molecule has 2 amide bonds. The third kappa shape index (κ3) is 3.97. The van der Waals surface area contributed by atoms with Crippen LogP contribution >= 0.6 is 11.6 Å². The van der Waals surface area contributed by atoms with E-state index in [2.05, 4.69) is 5.32 Å². The number of nitrogens with one attached hydrogen (secondary N) is 1. The van der Waals surface area contributed by atoms with Crippen molar-refractivity contribution in [2.75, 3.05) is 19.5 Å². The van der Waals surface area contributed by atoms with E-state index in [9.17, 15) is 9.59 Å². The van der Waals surface area contributed by atoms with Crippen LogP contribution in [-0.4, -0.2) is 30.9 Å². The molecule has 0 saturated carbocycles. The van der Waals surface area contributed by atoms with Gasteiger partial charge in [0, 0.05) is 19.2 Å². The molecule has 0 bridgehead atoms. The third-order valence-corrected chi connectivity index (χ3v) is 4.89. The number of hydrogen-bond donors (Lipinski definition) is 1. The SMILES string of the molecule is COc1cc(OC)c(NC(=O)C[C@@H]2c3ccccc3C=CN2C(C)=O)cc1Cl. The molecule has 2 aromatic rings. The second kappa shape index (κ2) is 8.35. The molecule has 1 atom stereocenters. The fourth-order valence-corrected chi connectivity index (χ4v) is 3.49. The van der Waals surface area contributed by atoms with Crippen molar-refractivity contribution in [2.24, 2.45) is 0 Å². The van der Waals surface area contributed by atoms with Crippen LogP contribution in [0.2, 0.25) is 5.02 Å². The number of anilines is 1. The number of halogens is 1. The van der Waals surface area contributed by atoms with Crippen molar-refractivity contribution in [1.29, 1.82) is 0 Å². The summed E-state index contributed by atoms with van der Waals surface area (Å²) in [6.07, 6.45) is 3.68. The molecule has 2 aromatic carbocycles. The van der Waals surface area contributed by atoms with Crippen molar-refractivity contribution in [2.45, 2.75) is 19.4 Å². The van der Waals surface area contributed by atoms with E-state index >= 15 is 0 Å². The maximum Gasteiger partial charge on any atom is 0.226 e. The zero-order valence-corrected chi connectivity index (χ0v) is 16.6. The van der Waals surface area contributed by atoms with Gasteiger partial charge in [0.2, 0.25) is 11.8 Å². The van der Waals surface area contributed by atoms with Crippen LogP contribution in [-0.2, 0) is 9.59 Å². The zero-order valence-electron chi connectivity index (χ0n) is 15.9. The molecule has 1 heterocycles. The van der Waals surface area contributed by atoms with E-state index in [1.54, 1.807) is 23.2 Å². The summed E-state index contributed by atoms with van der Waals surface area (Å²) in [5.41, 5.74) is 2.35.